The van der Waals surface area contributed by atoms with Crippen LogP contribution in [0.2, 0.25) is 0 Å². The lowest BCUT2D eigenvalue weighted by Gasteiger charge is -2.28. The normalized spacial score (nSPS) is 18.9. The predicted molar refractivity (Wildman–Crippen MR) is 152 cm³/mol. The van der Waals surface area contributed by atoms with E-state index in [9.17, 15) is 9.59 Å². The fourth-order valence-corrected chi connectivity index (χ4v) is 7.68. The second kappa shape index (κ2) is 10.1. The van der Waals surface area contributed by atoms with Crippen LogP contribution in [-0.2, 0) is 22.6 Å². The van der Waals surface area contributed by atoms with Crippen molar-refractivity contribution in [2.45, 2.75) is 76.5 Å². The number of benzene rings is 1. The SMILES string of the molecule is Cc1ccc(-n2c(=O)c3c4c(sc3n3c(S[C@@H](C)C(=O)N5CCCCC5)nnc23)CO[C@@H](C(C)C)C4)cc1. The van der Waals surface area contributed by atoms with Gasteiger partial charge in [-0.15, -0.1) is 21.5 Å². The maximum atomic E-state index is 14.2. The number of piperidine rings is 1. The summed E-state index contributed by atoms with van der Waals surface area (Å²) in [6.07, 6.45) is 4.07. The largest absolute Gasteiger partial charge is 0.372 e. The van der Waals surface area contributed by atoms with E-state index in [-0.39, 0.29) is 22.8 Å². The lowest BCUT2D eigenvalue weighted by atomic mass is 9.96. The number of likely N-dealkylation sites (tertiary alicyclic amines) is 1. The van der Waals surface area contributed by atoms with Gasteiger partial charge in [-0.05, 0) is 56.7 Å². The quantitative estimate of drug-likeness (QED) is 0.325. The lowest BCUT2D eigenvalue weighted by Crippen LogP contribution is -2.40. The van der Waals surface area contributed by atoms with Crippen LogP contribution in [0.25, 0.3) is 21.7 Å². The molecule has 0 aliphatic carbocycles. The van der Waals surface area contributed by atoms with Crippen LogP contribution in [0.1, 0.15) is 56.0 Å². The Kier molecular flexibility index (Phi) is 6.82. The minimum atomic E-state index is -0.307. The summed E-state index contributed by atoms with van der Waals surface area (Å²) in [7, 11) is 0. The van der Waals surface area contributed by atoms with Crippen LogP contribution < -0.4 is 5.56 Å². The van der Waals surface area contributed by atoms with E-state index < -0.39 is 0 Å². The van der Waals surface area contributed by atoms with Crippen molar-refractivity contribution in [3.63, 3.8) is 0 Å². The smallest absolute Gasteiger partial charge is 0.268 e. The number of hydrogen-bond acceptors (Lipinski definition) is 7. The van der Waals surface area contributed by atoms with Gasteiger partial charge in [0.1, 0.15) is 4.83 Å². The molecule has 4 aromatic rings. The van der Waals surface area contributed by atoms with E-state index >= 15 is 0 Å². The van der Waals surface area contributed by atoms with Gasteiger partial charge in [-0.1, -0.05) is 43.3 Å². The average molecular weight is 552 g/mol. The molecule has 8 nitrogen and oxygen atoms in total. The van der Waals surface area contributed by atoms with Crippen LogP contribution in [0, 0.1) is 12.8 Å². The summed E-state index contributed by atoms with van der Waals surface area (Å²) in [5.41, 5.74) is 2.86. The van der Waals surface area contributed by atoms with E-state index in [2.05, 4.69) is 24.0 Å². The summed E-state index contributed by atoms with van der Waals surface area (Å²) in [6, 6.07) is 7.90. The van der Waals surface area contributed by atoms with Gasteiger partial charge in [0.05, 0.1) is 29.0 Å². The number of carbonyl (C=O) groups is 1. The summed E-state index contributed by atoms with van der Waals surface area (Å²) in [5.74, 6) is 0.948. The predicted octanol–water partition coefficient (Wildman–Crippen LogP) is 4.99. The molecule has 6 rings (SSSR count). The Bertz CT molecular complexity index is 1560. The molecule has 1 saturated heterocycles. The van der Waals surface area contributed by atoms with Gasteiger partial charge in [0.15, 0.2) is 5.16 Å². The van der Waals surface area contributed by atoms with Crippen molar-refractivity contribution in [1.82, 2.24) is 24.1 Å². The Balaban J connectivity index is 1.52. The number of amides is 1. The van der Waals surface area contributed by atoms with Crippen LogP contribution in [-0.4, -0.2) is 54.4 Å². The first-order valence-corrected chi connectivity index (χ1v) is 15.1. The Morgan fingerprint density at radius 1 is 1.11 bits per heavy atom. The molecule has 0 radical (unpaired) electrons. The van der Waals surface area contributed by atoms with Gasteiger partial charge < -0.3 is 9.64 Å². The molecule has 38 heavy (non-hydrogen) atoms. The topological polar surface area (TPSA) is 81.7 Å². The number of aromatic nitrogens is 4. The highest BCUT2D eigenvalue weighted by atomic mass is 32.2. The van der Waals surface area contributed by atoms with Crippen LogP contribution in [0.4, 0.5) is 0 Å². The molecule has 10 heteroatoms. The molecule has 2 aliphatic heterocycles. The van der Waals surface area contributed by atoms with Crippen molar-refractivity contribution >= 4 is 45.0 Å². The zero-order valence-corrected chi connectivity index (χ0v) is 23.9. The van der Waals surface area contributed by atoms with Crippen molar-refractivity contribution < 1.29 is 9.53 Å². The number of carbonyl (C=O) groups excluding carboxylic acids is 1. The van der Waals surface area contributed by atoms with Crippen molar-refractivity contribution in [2.24, 2.45) is 5.92 Å². The molecule has 0 unspecified atom stereocenters. The van der Waals surface area contributed by atoms with E-state index in [4.69, 9.17) is 4.74 Å². The van der Waals surface area contributed by atoms with E-state index in [1.807, 2.05) is 47.4 Å². The van der Waals surface area contributed by atoms with Crippen molar-refractivity contribution in [3.8, 4) is 5.69 Å². The molecule has 3 aromatic heterocycles. The lowest BCUT2D eigenvalue weighted by molar-refractivity contribution is -0.131. The van der Waals surface area contributed by atoms with Crippen LogP contribution in [0.5, 0.6) is 0 Å². The number of ether oxygens (including phenoxy) is 1. The summed E-state index contributed by atoms with van der Waals surface area (Å²) in [6.45, 7) is 10.4. The number of hydrogen-bond donors (Lipinski definition) is 0. The van der Waals surface area contributed by atoms with Gasteiger partial charge in [-0.3, -0.25) is 9.59 Å². The number of thioether (sulfide) groups is 1. The van der Waals surface area contributed by atoms with Crippen LogP contribution >= 0.6 is 23.1 Å². The highest BCUT2D eigenvalue weighted by Gasteiger charge is 2.31. The molecule has 2 atom stereocenters. The van der Waals surface area contributed by atoms with Gasteiger partial charge in [0.2, 0.25) is 11.7 Å². The molecule has 1 aromatic carbocycles. The summed E-state index contributed by atoms with van der Waals surface area (Å²) >= 11 is 3.00. The molecule has 5 heterocycles. The zero-order valence-electron chi connectivity index (χ0n) is 22.3. The Hall–Kier alpha value is -2.69. The molecule has 0 bridgehead atoms. The van der Waals surface area contributed by atoms with Gasteiger partial charge in [0, 0.05) is 24.4 Å². The summed E-state index contributed by atoms with van der Waals surface area (Å²) < 4.78 is 9.81. The van der Waals surface area contributed by atoms with E-state index in [1.54, 1.807) is 15.9 Å². The highest BCUT2D eigenvalue weighted by Crippen LogP contribution is 2.38. The second-order valence-corrected chi connectivity index (χ2v) is 13.1. The summed E-state index contributed by atoms with van der Waals surface area (Å²) in [4.78, 5) is 31.3. The monoisotopic (exact) mass is 551 g/mol. The molecular formula is C28H33N5O3S2. The van der Waals surface area contributed by atoms with Gasteiger partial charge >= 0.3 is 0 Å². The number of nitrogens with zero attached hydrogens (tertiary/aromatic N) is 5. The van der Waals surface area contributed by atoms with Gasteiger partial charge in [-0.25, -0.2) is 8.97 Å². The van der Waals surface area contributed by atoms with Crippen LogP contribution in [0.3, 0.4) is 0 Å². The first kappa shape index (κ1) is 25.6. The van der Waals surface area contributed by atoms with Gasteiger partial charge in [-0.2, -0.15) is 0 Å². The zero-order chi connectivity index (χ0) is 26.6. The third kappa shape index (κ3) is 4.36. The molecule has 1 fully saturated rings. The molecule has 200 valence electrons. The van der Waals surface area contributed by atoms with E-state index in [0.717, 1.165) is 52.5 Å². The van der Waals surface area contributed by atoms with Gasteiger partial charge in [0.25, 0.3) is 5.56 Å². The molecular weight excluding hydrogens is 518 g/mol. The molecule has 0 spiro atoms. The van der Waals surface area contributed by atoms with Crippen molar-refractivity contribution in [3.05, 3.63) is 50.6 Å². The first-order chi connectivity index (χ1) is 18.3. The fraction of sp³-hybridized carbons (Fsp3) is 0.500. The minimum Gasteiger partial charge on any atom is -0.372 e. The Morgan fingerprint density at radius 2 is 1.84 bits per heavy atom. The maximum Gasteiger partial charge on any atom is 0.268 e. The number of thiophene rings is 1. The molecule has 0 saturated carbocycles. The molecule has 1 amide bonds. The fourth-order valence-electron chi connectivity index (χ4n) is 5.45. The van der Waals surface area contributed by atoms with E-state index in [0.29, 0.717) is 35.3 Å². The molecule has 0 N–H and O–H groups in total. The van der Waals surface area contributed by atoms with E-state index in [1.165, 1.54) is 18.2 Å². The summed E-state index contributed by atoms with van der Waals surface area (Å²) in [5, 5.41) is 10.1. The number of aryl methyl sites for hydroxylation is 1. The Morgan fingerprint density at radius 3 is 2.55 bits per heavy atom. The van der Waals surface area contributed by atoms with Crippen LogP contribution in [0.15, 0.2) is 34.2 Å². The number of fused-ring (bicyclic) bond motifs is 5. The number of rotatable bonds is 5. The second-order valence-electron chi connectivity index (χ2n) is 10.7. The third-order valence-electron chi connectivity index (χ3n) is 7.68. The maximum absolute atomic E-state index is 14.2. The minimum absolute atomic E-state index is 0.0696. The van der Waals surface area contributed by atoms with Crippen molar-refractivity contribution in [1.29, 1.82) is 0 Å². The third-order valence-corrected chi connectivity index (χ3v) is 9.90. The average Bonchev–Trinajstić information content (AvgIpc) is 3.51. The highest BCUT2D eigenvalue weighted by molar-refractivity contribution is 8.00. The standard InChI is InChI=1S/C28H33N5O3S2/c1-16(2)21-14-20-22(15-36-21)38-26-23(20)25(35)32(19-10-8-17(3)9-11-19)27-29-30-28(33(26)27)37-18(4)24(34)31-12-6-5-7-13-31/h8-11,16,18,21H,5-7,12-15H2,1-4H3/t18-,21+/m0/s1. The first-order valence-electron chi connectivity index (χ1n) is 13.4. The Labute approximate surface area is 230 Å². The van der Waals surface area contributed by atoms with Crippen molar-refractivity contribution in [2.75, 3.05) is 13.1 Å². The molecule has 2 aliphatic rings.